The Hall–Kier alpha value is -4.57. The standard InChI is InChI=1S/C31H49N9O7/c1-18(34-6)27(44)36-16-24(42)38-22(26(32)43)10-12-35-28(45)19-8-7-9-20(14-19)29(46)37-21-11-13-40(17-21)30(47)25(31(2,3)4)39-23(41)15-33-5/h7-9,14,18,21-22,25,33-34H,10-13,15-17H2,1-6H3,(H2,32,43)(H,35,45)(H,36,44)(H,37,46)(H,38,42)(H,39,41)/t18?,21-,22?,25?/m0/s1. The van der Waals surface area contributed by atoms with Crippen molar-refractivity contribution in [2.45, 2.75) is 64.7 Å². The molecule has 0 spiro atoms. The maximum absolute atomic E-state index is 13.3. The molecule has 2 rings (SSSR count). The molecule has 1 fully saturated rings. The average Bonchev–Trinajstić information content (AvgIpc) is 3.49. The number of carbonyl (C=O) groups is 7. The molecular weight excluding hydrogens is 610 g/mol. The van der Waals surface area contributed by atoms with Crippen LogP contribution in [-0.4, -0.2) is 117 Å². The highest BCUT2D eigenvalue weighted by Crippen LogP contribution is 2.23. The zero-order valence-corrected chi connectivity index (χ0v) is 28.0. The zero-order chi connectivity index (χ0) is 35.3. The third-order valence-electron chi connectivity index (χ3n) is 7.62. The molecule has 1 heterocycles. The molecule has 4 atom stereocenters. The molecule has 16 heteroatoms. The van der Waals surface area contributed by atoms with Gasteiger partial charge >= 0.3 is 0 Å². The lowest BCUT2D eigenvalue weighted by molar-refractivity contribution is -0.138. The molecule has 0 aliphatic carbocycles. The number of benzene rings is 1. The van der Waals surface area contributed by atoms with E-state index in [9.17, 15) is 33.6 Å². The number of rotatable bonds is 16. The Morgan fingerprint density at radius 2 is 1.57 bits per heavy atom. The Bertz CT molecular complexity index is 1310. The number of likely N-dealkylation sites (tertiary alicyclic amines) is 1. The fourth-order valence-corrected chi connectivity index (χ4v) is 4.77. The summed E-state index contributed by atoms with van der Waals surface area (Å²) in [5, 5.41) is 18.8. The third kappa shape index (κ3) is 12.3. The molecule has 1 aliphatic heterocycles. The van der Waals surface area contributed by atoms with Crippen LogP contribution in [0, 0.1) is 5.41 Å². The third-order valence-corrected chi connectivity index (χ3v) is 7.62. The van der Waals surface area contributed by atoms with Gasteiger partial charge in [-0.1, -0.05) is 26.8 Å². The lowest BCUT2D eigenvalue weighted by Crippen LogP contribution is -2.55. The van der Waals surface area contributed by atoms with Gasteiger partial charge in [-0.05, 0) is 57.5 Å². The first-order chi connectivity index (χ1) is 22.1. The molecule has 1 aromatic carbocycles. The van der Waals surface area contributed by atoms with E-state index in [4.69, 9.17) is 5.73 Å². The Morgan fingerprint density at radius 3 is 2.17 bits per heavy atom. The van der Waals surface area contributed by atoms with E-state index >= 15 is 0 Å². The van der Waals surface area contributed by atoms with E-state index in [0.717, 1.165) is 0 Å². The zero-order valence-electron chi connectivity index (χ0n) is 28.0. The molecule has 9 N–H and O–H groups in total. The molecular formula is C31H49N9O7. The summed E-state index contributed by atoms with van der Waals surface area (Å²) in [5.74, 6) is -3.24. The number of nitrogens with one attached hydrogen (secondary N) is 7. The molecule has 0 saturated carbocycles. The van der Waals surface area contributed by atoms with E-state index < -0.39 is 53.1 Å². The van der Waals surface area contributed by atoms with Gasteiger partial charge < -0.3 is 47.9 Å². The molecule has 0 bridgehead atoms. The van der Waals surface area contributed by atoms with E-state index in [1.54, 1.807) is 38.1 Å². The van der Waals surface area contributed by atoms with Crippen LogP contribution in [0.4, 0.5) is 0 Å². The SMILES string of the molecule is CNCC(=O)NC(C(=O)N1CC[C@H](NC(=O)c2cccc(C(=O)NCCC(NC(=O)CNC(=O)C(C)NC)C(N)=O)c2)C1)C(C)(C)C. The van der Waals surface area contributed by atoms with Gasteiger partial charge in [-0.2, -0.15) is 0 Å². The second-order valence-corrected chi connectivity index (χ2v) is 12.5. The predicted molar refractivity (Wildman–Crippen MR) is 174 cm³/mol. The number of hydrogen-bond acceptors (Lipinski definition) is 9. The van der Waals surface area contributed by atoms with Crippen molar-refractivity contribution in [2.24, 2.45) is 11.1 Å². The molecule has 3 unspecified atom stereocenters. The summed E-state index contributed by atoms with van der Waals surface area (Å²) >= 11 is 0. The van der Waals surface area contributed by atoms with Gasteiger partial charge in [0, 0.05) is 36.8 Å². The van der Waals surface area contributed by atoms with Crippen molar-refractivity contribution in [3.05, 3.63) is 35.4 Å². The summed E-state index contributed by atoms with van der Waals surface area (Å²) in [5.41, 5.74) is 5.32. The van der Waals surface area contributed by atoms with Crippen molar-refractivity contribution >= 4 is 41.4 Å². The number of nitrogens with two attached hydrogens (primary N) is 1. The summed E-state index contributed by atoms with van der Waals surface area (Å²) in [7, 11) is 3.25. The summed E-state index contributed by atoms with van der Waals surface area (Å²) in [6, 6.07) is 3.43. The largest absolute Gasteiger partial charge is 0.368 e. The number of primary amides is 1. The summed E-state index contributed by atoms with van der Waals surface area (Å²) in [6.45, 7) is 7.66. The Labute approximate surface area is 275 Å². The van der Waals surface area contributed by atoms with E-state index in [2.05, 4.69) is 37.2 Å². The van der Waals surface area contributed by atoms with Crippen LogP contribution in [0.5, 0.6) is 0 Å². The Morgan fingerprint density at radius 1 is 0.936 bits per heavy atom. The maximum atomic E-state index is 13.3. The predicted octanol–water partition coefficient (Wildman–Crippen LogP) is -2.42. The lowest BCUT2D eigenvalue weighted by atomic mass is 9.85. The molecule has 1 saturated heterocycles. The van der Waals surface area contributed by atoms with Crippen molar-refractivity contribution < 1.29 is 33.6 Å². The van der Waals surface area contributed by atoms with Crippen molar-refractivity contribution in [3.8, 4) is 0 Å². The number of nitrogens with zero attached hydrogens (tertiary/aromatic N) is 1. The Balaban J connectivity index is 1.91. The topological polar surface area (TPSA) is 233 Å². The van der Waals surface area contributed by atoms with Gasteiger partial charge in [-0.25, -0.2) is 0 Å². The molecule has 16 nitrogen and oxygen atoms in total. The fourth-order valence-electron chi connectivity index (χ4n) is 4.77. The number of hydrogen-bond donors (Lipinski definition) is 8. The van der Waals surface area contributed by atoms with Gasteiger partial charge in [-0.15, -0.1) is 0 Å². The van der Waals surface area contributed by atoms with Crippen LogP contribution in [0.1, 0.15) is 61.3 Å². The summed E-state index contributed by atoms with van der Waals surface area (Å²) in [6.07, 6.45) is 0.526. The molecule has 7 amide bonds. The highest BCUT2D eigenvalue weighted by molar-refractivity contribution is 6.00. The molecule has 0 aromatic heterocycles. The summed E-state index contributed by atoms with van der Waals surface area (Å²) in [4.78, 5) is 88.9. The van der Waals surface area contributed by atoms with Gasteiger partial charge in [0.05, 0.1) is 19.1 Å². The smallest absolute Gasteiger partial charge is 0.251 e. The molecule has 1 aliphatic rings. The second kappa shape index (κ2) is 17.9. The van der Waals surface area contributed by atoms with Crippen LogP contribution in [0.15, 0.2) is 24.3 Å². The fraction of sp³-hybridized carbons (Fsp3) is 0.581. The Kier molecular flexibility index (Phi) is 14.7. The van der Waals surface area contributed by atoms with E-state index in [0.29, 0.717) is 13.0 Å². The van der Waals surface area contributed by atoms with Gasteiger partial charge in [0.1, 0.15) is 12.1 Å². The summed E-state index contributed by atoms with van der Waals surface area (Å²) < 4.78 is 0. The van der Waals surface area contributed by atoms with Crippen molar-refractivity contribution in [2.75, 3.05) is 46.8 Å². The number of amides is 7. The first-order valence-corrected chi connectivity index (χ1v) is 15.5. The van der Waals surface area contributed by atoms with Crippen LogP contribution in [0.2, 0.25) is 0 Å². The minimum atomic E-state index is -1.08. The van der Waals surface area contributed by atoms with Gasteiger partial charge in [0.2, 0.25) is 29.5 Å². The van der Waals surface area contributed by atoms with Gasteiger partial charge in [0.15, 0.2) is 0 Å². The van der Waals surface area contributed by atoms with E-state index in [1.165, 1.54) is 12.1 Å². The van der Waals surface area contributed by atoms with Crippen molar-refractivity contribution in [1.82, 2.24) is 42.1 Å². The molecule has 260 valence electrons. The first kappa shape index (κ1) is 38.6. The second-order valence-electron chi connectivity index (χ2n) is 12.5. The normalized spacial score (nSPS) is 16.3. The van der Waals surface area contributed by atoms with Crippen molar-refractivity contribution in [3.63, 3.8) is 0 Å². The molecule has 0 radical (unpaired) electrons. The number of likely N-dealkylation sites (N-methyl/N-ethyl adjacent to an activating group) is 2. The minimum Gasteiger partial charge on any atom is -0.368 e. The van der Waals surface area contributed by atoms with Crippen LogP contribution in [0.25, 0.3) is 0 Å². The first-order valence-electron chi connectivity index (χ1n) is 15.5. The van der Waals surface area contributed by atoms with Crippen LogP contribution in [0.3, 0.4) is 0 Å². The highest BCUT2D eigenvalue weighted by Gasteiger charge is 2.38. The number of carbonyl (C=O) groups excluding carboxylic acids is 7. The molecule has 1 aromatic rings. The lowest BCUT2D eigenvalue weighted by Gasteiger charge is -2.33. The quantitative estimate of drug-likeness (QED) is 0.0942. The molecule has 47 heavy (non-hydrogen) atoms. The van der Waals surface area contributed by atoms with E-state index in [-0.39, 0.29) is 61.6 Å². The monoisotopic (exact) mass is 659 g/mol. The van der Waals surface area contributed by atoms with Crippen LogP contribution >= 0.6 is 0 Å². The highest BCUT2D eigenvalue weighted by atomic mass is 16.2. The van der Waals surface area contributed by atoms with Crippen LogP contribution < -0.4 is 43.0 Å². The minimum absolute atomic E-state index is 0.000000851. The average molecular weight is 660 g/mol. The maximum Gasteiger partial charge on any atom is 0.251 e. The van der Waals surface area contributed by atoms with Crippen LogP contribution in [-0.2, 0) is 24.0 Å². The van der Waals surface area contributed by atoms with Gasteiger partial charge in [-0.3, -0.25) is 33.6 Å². The van der Waals surface area contributed by atoms with Crippen molar-refractivity contribution in [1.29, 1.82) is 0 Å². The van der Waals surface area contributed by atoms with E-state index in [1.807, 2.05) is 20.8 Å². The van der Waals surface area contributed by atoms with Gasteiger partial charge in [0.25, 0.3) is 11.8 Å².